The summed E-state index contributed by atoms with van der Waals surface area (Å²) < 4.78 is 14.4. The van der Waals surface area contributed by atoms with Crippen LogP contribution in [-0.2, 0) is 0 Å². The van der Waals surface area contributed by atoms with E-state index in [9.17, 15) is 4.39 Å². The largest absolute Gasteiger partial charge is 0.362 e. The zero-order chi connectivity index (χ0) is 15.6. The second-order valence-corrected chi connectivity index (χ2v) is 6.79. The number of halogens is 2. The molecule has 1 aromatic rings. The summed E-state index contributed by atoms with van der Waals surface area (Å²) in [5, 5.41) is 4.20. The Kier molecular flexibility index (Phi) is 5.15. The van der Waals surface area contributed by atoms with Crippen molar-refractivity contribution in [3.05, 3.63) is 29.0 Å². The van der Waals surface area contributed by atoms with Crippen LogP contribution in [0.2, 0.25) is 5.02 Å². The van der Waals surface area contributed by atoms with Crippen LogP contribution in [0.1, 0.15) is 40.5 Å². The number of nitrogens with zero attached hydrogens (tertiary/aromatic N) is 1. The summed E-state index contributed by atoms with van der Waals surface area (Å²) in [6.45, 7) is 10.4. The van der Waals surface area contributed by atoms with E-state index in [-0.39, 0.29) is 17.4 Å². The van der Waals surface area contributed by atoms with Gasteiger partial charge in [0.1, 0.15) is 5.82 Å². The second kappa shape index (κ2) is 6.53. The first-order valence-corrected chi connectivity index (χ1v) is 8.27. The molecule has 2 rings (SSSR count). The molecule has 1 unspecified atom stereocenters. The Bertz CT molecular complexity index is 465. The number of anilines is 1. The standard InChI is InChI=1S/C17H26ClFN2/c1-5-17(6-2)11-21(15(10-20-17)12(3)4)16-13(18)8-7-9-14(16)19/h7-9,12,15,20H,5-6,10-11H2,1-4H3. The van der Waals surface area contributed by atoms with E-state index in [4.69, 9.17) is 11.6 Å². The van der Waals surface area contributed by atoms with Gasteiger partial charge < -0.3 is 10.2 Å². The highest BCUT2D eigenvalue weighted by Crippen LogP contribution is 2.36. The summed E-state index contributed by atoms with van der Waals surface area (Å²) in [6, 6.07) is 5.20. The van der Waals surface area contributed by atoms with Crippen LogP contribution in [0.5, 0.6) is 0 Å². The number of hydrogen-bond acceptors (Lipinski definition) is 2. The number of piperazine rings is 1. The van der Waals surface area contributed by atoms with E-state index in [1.807, 2.05) is 0 Å². The second-order valence-electron chi connectivity index (χ2n) is 6.38. The first kappa shape index (κ1) is 16.6. The van der Waals surface area contributed by atoms with Gasteiger partial charge in [-0.25, -0.2) is 4.39 Å². The molecular formula is C17H26ClFN2. The molecule has 0 saturated carbocycles. The van der Waals surface area contributed by atoms with Gasteiger partial charge in [0.25, 0.3) is 0 Å². The van der Waals surface area contributed by atoms with Gasteiger partial charge in [0.05, 0.1) is 10.7 Å². The Morgan fingerprint density at radius 3 is 2.57 bits per heavy atom. The van der Waals surface area contributed by atoms with Crippen molar-refractivity contribution in [2.45, 2.75) is 52.1 Å². The van der Waals surface area contributed by atoms with E-state index in [1.54, 1.807) is 12.1 Å². The quantitative estimate of drug-likeness (QED) is 0.882. The predicted molar refractivity (Wildman–Crippen MR) is 88.7 cm³/mol. The highest BCUT2D eigenvalue weighted by Gasteiger charge is 2.39. The molecule has 1 N–H and O–H groups in total. The van der Waals surface area contributed by atoms with Crippen LogP contribution >= 0.6 is 11.6 Å². The fourth-order valence-corrected chi connectivity index (χ4v) is 3.53. The van der Waals surface area contributed by atoms with Crippen molar-refractivity contribution in [2.24, 2.45) is 5.92 Å². The third-order valence-electron chi connectivity index (χ3n) is 4.91. The molecule has 0 aliphatic carbocycles. The van der Waals surface area contributed by atoms with Gasteiger partial charge in [-0.15, -0.1) is 0 Å². The molecule has 0 radical (unpaired) electrons. The van der Waals surface area contributed by atoms with Gasteiger partial charge in [0, 0.05) is 24.7 Å². The maximum absolute atomic E-state index is 14.4. The van der Waals surface area contributed by atoms with Crippen molar-refractivity contribution in [3.63, 3.8) is 0 Å². The molecule has 0 bridgehead atoms. The third kappa shape index (κ3) is 3.19. The summed E-state index contributed by atoms with van der Waals surface area (Å²) >= 11 is 6.31. The normalized spacial score (nSPS) is 21.9. The highest BCUT2D eigenvalue weighted by molar-refractivity contribution is 6.33. The zero-order valence-corrected chi connectivity index (χ0v) is 14.2. The Labute approximate surface area is 132 Å². The number of rotatable bonds is 4. The number of benzene rings is 1. The Morgan fingerprint density at radius 1 is 1.38 bits per heavy atom. The van der Waals surface area contributed by atoms with Gasteiger partial charge >= 0.3 is 0 Å². The Morgan fingerprint density at radius 2 is 2.05 bits per heavy atom. The van der Waals surface area contributed by atoms with Crippen molar-refractivity contribution < 1.29 is 4.39 Å². The van der Waals surface area contributed by atoms with Crippen LogP contribution in [-0.4, -0.2) is 24.7 Å². The molecule has 4 heteroatoms. The summed E-state index contributed by atoms with van der Waals surface area (Å²) in [5.41, 5.74) is 0.599. The Balaban J connectivity index is 2.43. The van der Waals surface area contributed by atoms with E-state index >= 15 is 0 Å². The molecule has 1 heterocycles. The molecule has 21 heavy (non-hydrogen) atoms. The van der Waals surface area contributed by atoms with Crippen molar-refractivity contribution in [1.29, 1.82) is 0 Å². The van der Waals surface area contributed by atoms with Crippen LogP contribution in [0.4, 0.5) is 10.1 Å². The zero-order valence-electron chi connectivity index (χ0n) is 13.4. The van der Waals surface area contributed by atoms with Gasteiger partial charge in [0.2, 0.25) is 0 Å². The molecule has 1 aliphatic heterocycles. The first-order valence-electron chi connectivity index (χ1n) is 7.89. The molecule has 1 fully saturated rings. The highest BCUT2D eigenvalue weighted by atomic mass is 35.5. The fourth-order valence-electron chi connectivity index (χ4n) is 3.26. The lowest BCUT2D eigenvalue weighted by Gasteiger charge is -2.50. The van der Waals surface area contributed by atoms with E-state index in [0.29, 0.717) is 16.6 Å². The van der Waals surface area contributed by atoms with Crippen molar-refractivity contribution in [3.8, 4) is 0 Å². The molecule has 0 aromatic heterocycles. The van der Waals surface area contributed by atoms with Crippen LogP contribution < -0.4 is 10.2 Å². The summed E-state index contributed by atoms with van der Waals surface area (Å²) in [5.74, 6) is 0.205. The molecular weight excluding hydrogens is 287 g/mol. The molecule has 0 amide bonds. The van der Waals surface area contributed by atoms with Gasteiger partial charge in [-0.3, -0.25) is 0 Å². The molecule has 1 aliphatic rings. The van der Waals surface area contributed by atoms with E-state index in [2.05, 4.69) is 37.9 Å². The fraction of sp³-hybridized carbons (Fsp3) is 0.647. The summed E-state index contributed by atoms with van der Waals surface area (Å²) in [4.78, 5) is 2.19. The van der Waals surface area contributed by atoms with Crippen LogP contribution in [0.3, 0.4) is 0 Å². The topological polar surface area (TPSA) is 15.3 Å². The summed E-state index contributed by atoms with van der Waals surface area (Å²) in [7, 11) is 0. The van der Waals surface area contributed by atoms with Gasteiger partial charge in [-0.2, -0.15) is 0 Å². The van der Waals surface area contributed by atoms with Gasteiger partial charge in [-0.1, -0.05) is 45.4 Å². The first-order chi connectivity index (χ1) is 9.94. The predicted octanol–water partition coefficient (Wildman–Crippen LogP) is 4.47. The molecule has 2 nitrogen and oxygen atoms in total. The minimum Gasteiger partial charge on any atom is -0.362 e. The SMILES string of the molecule is CCC1(CC)CN(c2c(F)cccc2Cl)C(C(C)C)CN1. The average Bonchev–Trinajstić information content (AvgIpc) is 2.46. The lowest BCUT2D eigenvalue weighted by atomic mass is 9.86. The summed E-state index contributed by atoms with van der Waals surface area (Å²) in [6.07, 6.45) is 2.05. The van der Waals surface area contributed by atoms with E-state index in [0.717, 1.165) is 25.9 Å². The minimum atomic E-state index is -0.226. The third-order valence-corrected chi connectivity index (χ3v) is 5.21. The van der Waals surface area contributed by atoms with Crippen molar-refractivity contribution >= 4 is 17.3 Å². The van der Waals surface area contributed by atoms with Crippen LogP contribution in [0, 0.1) is 11.7 Å². The van der Waals surface area contributed by atoms with E-state index < -0.39 is 0 Å². The molecule has 0 spiro atoms. The molecule has 1 saturated heterocycles. The molecule has 1 aromatic carbocycles. The molecule has 1 atom stereocenters. The van der Waals surface area contributed by atoms with E-state index in [1.165, 1.54) is 6.07 Å². The van der Waals surface area contributed by atoms with Crippen molar-refractivity contribution in [2.75, 3.05) is 18.0 Å². The lowest BCUT2D eigenvalue weighted by Crippen LogP contribution is -2.65. The van der Waals surface area contributed by atoms with Crippen molar-refractivity contribution in [1.82, 2.24) is 5.32 Å². The maximum atomic E-state index is 14.4. The lowest BCUT2D eigenvalue weighted by molar-refractivity contribution is 0.226. The minimum absolute atomic E-state index is 0.0387. The number of hydrogen-bond donors (Lipinski definition) is 1. The Hall–Kier alpha value is -0.800. The number of nitrogens with one attached hydrogen (secondary N) is 1. The number of para-hydroxylation sites is 1. The monoisotopic (exact) mass is 312 g/mol. The van der Waals surface area contributed by atoms with Gasteiger partial charge in [-0.05, 0) is 30.9 Å². The average molecular weight is 313 g/mol. The van der Waals surface area contributed by atoms with Crippen LogP contribution in [0.25, 0.3) is 0 Å². The van der Waals surface area contributed by atoms with Gasteiger partial charge in [0.15, 0.2) is 0 Å². The van der Waals surface area contributed by atoms with Crippen LogP contribution in [0.15, 0.2) is 18.2 Å². The smallest absolute Gasteiger partial charge is 0.148 e. The molecule has 118 valence electrons. The maximum Gasteiger partial charge on any atom is 0.148 e.